The maximum Gasteiger partial charge on any atom is 0.255 e. The summed E-state index contributed by atoms with van der Waals surface area (Å²) in [5.41, 5.74) is 7.85. The molecule has 21 heavy (non-hydrogen) atoms. The second kappa shape index (κ2) is 7.24. The molecule has 0 bridgehead atoms. The first-order valence-electron chi connectivity index (χ1n) is 6.61. The molecule has 0 saturated carbocycles. The molecule has 0 fully saturated rings. The first-order valence-corrected chi connectivity index (χ1v) is 7.41. The van der Waals surface area contributed by atoms with Gasteiger partial charge in [-0.2, -0.15) is 0 Å². The first kappa shape index (κ1) is 15.5. The van der Waals surface area contributed by atoms with Crippen molar-refractivity contribution in [1.29, 1.82) is 0 Å². The van der Waals surface area contributed by atoms with Gasteiger partial charge >= 0.3 is 0 Å². The number of halogens is 1. The molecule has 2 aromatic carbocycles. The summed E-state index contributed by atoms with van der Waals surface area (Å²) in [6, 6.07) is 14.9. The number of rotatable bonds is 5. The van der Waals surface area contributed by atoms with Crippen LogP contribution in [-0.4, -0.2) is 29.1 Å². The Hall–Kier alpha value is -1.85. The summed E-state index contributed by atoms with van der Waals surface area (Å²) in [6.45, 7) is 0.634. The van der Waals surface area contributed by atoms with Gasteiger partial charge in [-0.3, -0.25) is 4.79 Å². The van der Waals surface area contributed by atoms with Crippen LogP contribution in [0.1, 0.15) is 15.9 Å². The normalized spacial score (nSPS) is 10.4. The molecule has 0 aliphatic rings. The second-order valence-electron chi connectivity index (χ2n) is 4.64. The Morgan fingerprint density at radius 1 is 1.14 bits per heavy atom. The van der Waals surface area contributed by atoms with E-state index in [0.29, 0.717) is 22.3 Å². The molecule has 5 heteroatoms. The molecule has 0 heterocycles. The van der Waals surface area contributed by atoms with Gasteiger partial charge in [0.1, 0.15) is 0 Å². The van der Waals surface area contributed by atoms with E-state index in [1.165, 1.54) is 0 Å². The fraction of sp³-hybridized carbons (Fsp3) is 0.188. The molecule has 0 aromatic heterocycles. The van der Waals surface area contributed by atoms with E-state index in [-0.39, 0.29) is 19.1 Å². The summed E-state index contributed by atoms with van der Waals surface area (Å²) in [7, 11) is 0. The third kappa shape index (κ3) is 3.83. The average Bonchev–Trinajstić information content (AvgIpc) is 2.50. The summed E-state index contributed by atoms with van der Waals surface area (Å²) in [4.78, 5) is 14.2. The van der Waals surface area contributed by atoms with Crippen molar-refractivity contribution in [3.63, 3.8) is 0 Å². The Morgan fingerprint density at radius 3 is 2.52 bits per heavy atom. The highest BCUT2D eigenvalue weighted by Crippen LogP contribution is 2.25. The van der Waals surface area contributed by atoms with E-state index < -0.39 is 0 Å². The van der Waals surface area contributed by atoms with E-state index in [9.17, 15) is 9.90 Å². The van der Waals surface area contributed by atoms with Gasteiger partial charge in [0.25, 0.3) is 5.91 Å². The number of nitrogens with zero attached hydrogens (tertiary/aromatic N) is 1. The topological polar surface area (TPSA) is 66.6 Å². The van der Waals surface area contributed by atoms with Crippen LogP contribution < -0.4 is 5.73 Å². The van der Waals surface area contributed by atoms with Crippen LogP contribution in [0.2, 0.25) is 0 Å². The zero-order chi connectivity index (χ0) is 15.2. The summed E-state index contributed by atoms with van der Waals surface area (Å²) >= 11 is 3.35. The lowest BCUT2D eigenvalue weighted by atomic mass is 10.1. The standard InChI is InChI=1S/C16H17BrN2O2/c17-15-13(7-4-8-14(15)18)16(21)19(9-10-20)11-12-5-2-1-3-6-12/h1-8,20H,9-11,18H2. The third-order valence-corrected chi connectivity index (χ3v) is 4.02. The second-order valence-corrected chi connectivity index (χ2v) is 5.44. The number of hydrogen-bond acceptors (Lipinski definition) is 3. The predicted octanol–water partition coefficient (Wildman–Crippen LogP) is 2.67. The predicted molar refractivity (Wildman–Crippen MR) is 86.8 cm³/mol. The highest BCUT2D eigenvalue weighted by molar-refractivity contribution is 9.10. The van der Waals surface area contributed by atoms with Gasteiger partial charge < -0.3 is 15.7 Å². The Bertz CT molecular complexity index is 617. The minimum absolute atomic E-state index is 0.0848. The van der Waals surface area contributed by atoms with Crippen LogP contribution in [0.15, 0.2) is 53.0 Å². The fourth-order valence-electron chi connectivity index (χ4n) is 2.06. The van der Waals surface area contributed by atoms with E-state index in [1.54, 1.807) is 23.1 Å². The number of aliphatic hydroxyl groups excluding tert-OH is 1. The minimum atomic E-state index is -0.160. The molecule has 3 N–H and O–H groups in total. The monoisotopic (exact) mass is 348 g/mol. The lowest BCUT2D eigenvalue weighted by molar-refractivity contribution is 0.0707. The maximum absolute atomic E-state index is 12.6. The van der Waals surface area contributed by atoms with E-state index in [2.05, 4.69) is 15.9 Å². The van der Waals surface area contributed by atoms with Gasteiger partial charge in [-0.15, -0.1) is 0 Å². The molecular formula is C16H17BrN2O2. The lowest BCUT2D eigenvalue weighted by Gasteiger charge is -2.22. The van der Waals surface area contributed by atoms with Gasteiger partial charge in [0.2, 0.25) is 0 Å². The van der Waals surface area contributed by atoms with Crippen LogP contribution >= 0.6 is 15.9 Å². The van der Waals surface area contributed by atoms with Crippen LogP contribution in [0.3, 0.4) is 0 Å². The van der Waals surface area contributed by atoms with Crippen molar-refractivity contribution in [2.45, 2.75) is 6.54 Å². The van der Waals surface area contributed by atoms with Crippen LogP contribution in [0.5, 0.6) is 0 Å². The smallest absolute Gasteiger partial charge is 0.255 e. The Labute approximate surface area is 132 Å². The molecule has 4 nitrogen and oxygen atoms in total. The minimum Gasteiger partial charge on any atom is -0.398 e. The SMILES string of the molecule is Nc1cccc(C(=O)N(CCO)Cc2ccccc2)c1Br. The number of hydrogen-bond donors (Lipinski definition) is 2. The van der Waals surface area contributed by atoms with Crippen molar-refractivity contribution < 1.29 is 9.90 Å². The zero-order valence-electron chi connectivity index (χ0n) is 11.5. The van der Waals surface area contributed by atoms with Gasteiger partial charge in [0, 0.05) is 18.8 Å². The van der Waals surface area contributed by atoms with Crippen molar-refractivity contribution in [2.24, 2.45) is 0 Å². The quantitative estimate of drug-likeness (QED) is 0.816. The molecule has 0 aliphatic carbocycles. The van der Waals surface area contributed by atoms with Crippen molar-refractivity contribution in [1.82, 2.24) is 4.90 Å². The van der Waals surface area contributed by atoms with E-state index in [1.807, 2.05) is 30.3 Å². The maximum atomic E-state index is 12.6. The van der Waals surface area contributed by atoms with E-state index in [4.69, 9.17) is 5.73 Å². The zero-order valence-corrected chi connectivity index (χ0v) is 13.1. The fourth-order valence-corrected chi connectivity index (χ4v) is 2.50. The van der Waals surface area contributed by atoms with Gasteiger partial charge in [0.05, 0.1) is 16.6 Å². The molecular weight excluding hydrogens is 332 g/mol. The lowest BCUT2D eigenvalue weighted by Crippen LogP contribution is -2.33. The van der Waals surface area contributed by atoms with Gasteiger partial charge in [0.15, 0.2) is 0 Å². The molecule has 0 unspecified atom stereocenters. The molecule has 0 saturated heterocycles. The molecule has 2 aromatic rings. The molecule has 0 radical (unpaired) electrons. The Morgan fingerprint density at radius 2 is 1.86 bits per heavy atom. The number of anilines is 1. The summed E-state index contributed by atoms with van der Waals surface area (Å²) in [5, 5.41) is 9.20. The van der Waals surface area contributed by atoms with Gasteiger partial charge in [-0.05, 0) is 33.6 Å². The number of amides is 1. The molecule has 1 amide bonds. The van der Waals surface area contributed by atoms with Gasteiger partial charge in [-0.25, -0.2) is 0 Å². The number of benzene rings is 2. The number of carbonyl (C=O) groups is 1. The van der Waals surface area contributed by atoms with Crippen molar-refractivity contribution >= 4 is 27.5 Å². The Balaban J connectivity index is 2.25. The van der Waals surface area contributed by atoms with Crippen LogP contribution in [0.25, 0.3) is 0 Å². The van der Waals surface area contributed by atoms with Crippen molar-refractivity contribution in [3.05, 3.63) is 64.1 Å². The number of carbonyl (C=O) groups excluding carboxylic acids is 1. The highest BCUT2D eigenvalue weighted by Gasteiger charge is 2.19. The third-order valence-electron chi connectivity index (χ3n) is 3.13. The molecule has 0 atom stereocenters. The summed E-state index contributed by atoms with van der Waals surface area (Å²) in [5.74, 6) is -0.160. The highest BCUT2D eigenvalue weighted by atomic mass is 79.9. The summed E-state index contributed by atoms with van der Waals surface area (Å²) in [6.07, 6.45) is 0. The molecule has 2 rings (SSSR count). The van der Waals surface area contributed by atoms with Crippen molar-refractivity contribution in [2.75, 3.05) is 18.9 Å². The van der Waals surface area contributed by atoms with Gasteiger partial charge in [-0.1, -0.05) is 36.4 Å². The first-order chi connectivity index (χ1) is 10.1. The number of aliphatic hydroxyl groups is 1. The van der Waals surface area contributed by atoms with E-state index in [0.717, 1.165) is 5.56 Å². The number of nitrogens with two attached hydrogens (primary N) is 1. The van der Waals surface area contributed by atoms with Crippen LogP contribution in [0.4, 0.5) is 5.69 Å². The molecule has 0 spiro atoms. The van der Waals surface area contributed by atoms with Crippen LogP contribution in [-0.2, 0) is 6.54 Å². The molecule has 0 aliphatic heterocycles. The Kier molecular flexibility index (Phi) is 5.36. The van der Waals surface area contributed by atoms with E-state index >= 15 is 0 Å². The summed E-state index contributed by atoms with van der Waals surface area (Å²) < 4.78 is 0.589. The van der Waals surface area contributed by atoms with Crippen LogP contribution in [0, 0.1) is 0 Å². The largest absolute Gasteiger partial charge is 0.398 e. The molecule has 110 valence electrons. The van der Waals surface area contributed by atoms with Crippen molar-refractivity contribution in [3.8, 4) is 0 Å². The number of nitrogen functional groups attached to an aromatic ring is 1. The average molecular weight is 349 g/mol.